The fourth-order valence-electron chi connectivity index (χ4n) is 3.24. The molecule has 2 aromatic rings. The Morgan fingerprint density at radius 2 is 1.68 bits per heavy atom. The number of anilines is 1. The number of ether oxygens (including phenoxy) is 1. The number of nitrogens with zero attached hydrogens (tertiary/aromatic N) is 1. The van der Waals surface area contributed by atoms with E-state index in [1.165, 1.54) is 17.7 Å². The van der Waals surface area contributed by atoms with Crippen LogP contribution in [0.25, 0.3) is 0 Å². The van der Waals surface area contributed by atoms with Gasteiger partial charge in [0.05, 0.1) is 32.8 Å². The molecule has 134 valence electrons. The average Bonchev–Trinajstić information content (AvgIpc) is 2.65. The summed E-state index contributed by atoms with van der Waals surface area (Å²) in [6.45, 7) is 8.60. The summed E-state index contributed by atoms with van der Waals surface area (Å²) in [6.07, 6.45) is 2.28. The molecule has 0 amide bonds. The lowest BCUT2D eigenvalue weighted by molar-refractivity contribution is -0.914. The van der Waals surface area contributed by atoms with Crippen molar-refractivity contribution in [1.82, 2.24) is 0 Å². The van der Waals surface area contributed by atoms with Crippen LogP contribution in [0.3, 0.4) is 0 Å². The lowest BCUT2D eigenvalue weighted by atomic mass is 10.2. The van der Waals surface area contributed by atoms with Crippen LogP contribution in [0.1, 0.15) is 25.3 Å². The summed E-state index contributed by atoms with van der Waals surface area (Å²) in [5.41, 5.74) is 2.66. The molecule has 4 heteroatoms. The summed E-state index contributed by atoms with van der Waals surface area (Å²) in [5, 5.41) is 0.801. The Morgan fingerprint density at radius 3 is 2.32 bits per heavy atom. The third-order valence-electron chi connectivity index (χ3n) is 4.81. The summed E-state index contributed by atoms with van der Waals surface area (Å²) >= 11 is 5.98. The van der Waals surface area contributed by atoms with Gasteiger partial charge in [0, 0.05) is 16.3 Å². The lowest BCUT2D eigenvalue weighted by Crippen LogP contribution is -3.13. The molecular formula is C21H28ClN2O+. The van der Waals surface area contributed by atoms with Gasteiger partial charge in [-0.1, -0.05) is 24.9 Å². The van der Waals surface area contributed by atoms with Crippen molar-refractivity contribution in [3.8, 4) is 5.75 Å². The van der Waals surface area contributed by atoms with Gasteiger partial charge in [0.25, 0.3) is 0 Å². The molecule has 1 N–H and O–H groups in total. The fraction of sp³-hybridized carbons (Fsp3) is 0.429. The molecule has 3 rings (SSSR count). The second-order valence-corrected chi connectivity index (χ2v) is 7.17. The number of halogens is 1. The van der Waals surface area contributed by atoms with E-state index < -0.39 is 0 Å². The molecule has 25 heavy (non-hydrogen) atoms. The molecule has 0 saturated carbocycles. The number of quaternary nitrogens is 1. The van der Waals surface area contributed by atoms with Crippen molar-refractivity contribution in [3.63, 3.8) is 0 Å². The first-order valence-electron chi connectivity index (χ1n) is 9.30. The minimum absolute atomic E-state index is 0.801. The highest BCUT2D eigenvalue weighted by Gasteiger charge is 2.20. The normalized spacial score (nSPS) is 15.4. The van der Waals surface area contributed by atoms with Gasteiger partial charge >= 0.3 is 0 Å². The second kappa shape index (κ2) is 9.12. The maximum Gasteiger partial charge on any atom is 0.119 e. The first-order valence-corrected chi connectivity index (χ1v) is 9.68. The fourth-order valence-corrected chi connectivity index (χ4v) is 3.36. The van der Waals surface area contributed by atoms with Crippen molar-refractivity contribution in [1.29, 1.82) is 0 Å². The monoisotopic (exact) mass is 359 g/mol. The van der Waals surface area contributed by atoms with Crippen LogP contribution in [0.2, 0.25) is 5.02 Å². The van der Waals surface area contributed by atoms with Crippen LogP contribution >= 0.6 is 11.6 Å². The number of hydrogen-bond donors (Lipinski definition) is 1. The molecule has 1 heterocycles. The van der Waals surface area contributed by atoms with E-state index in [9.17, 15) is 0 Å². The van der Waals surface area contributed by atoms with Crippen molar-refractivity contribution < 1.29 is 9.64 Å². The molecule has 0 radical (unpaired) electrons. The Balaban J connectivity index is 1.46. The summed E-state index contributed by atoms with van der Waals surface area (Å²) in [5.74, 6) is 0.986. The first kappa shape index (κ1) is 18.1. The van der Waals surface area contributed by atoms with Crippen LogP contribution in [0.4, 0.5) is 5.69 Å². The van der Waals surface area contributed by atoms with Crippen molar-refractivity contribution in [2.45, 2.75) is 26.3 Å². The molecule has 0 bridgehead atoms. The topological polar surface area (TPSA) is 16.9 Å². The van der Waals surface area contributed by atoms with Gasteiger partial charge in [-0.05, 0) is 55.0 Å². The van der Waals surface area contributed by atoms with Crippen LogP contribution in [0, 0.1) is 0 Å². The molecule has 0 spiro atoms. The van der Waals surface area contributed by atoms with E-state index in [4.69, 9.17) is 16.3 Å². The lowest BCUT2D eigenvalue weighted by Gasteiger charge is -2.33. The molecule has 0 unspecified atom stereocenters. The average molecular weight is 360 g/mol. The summed E-state index contributed by atoms with van der Waals surface area (Å²) in [6, 6.07) is 16.8. The first-order chi connectivity index (χ1) is 12.2. The predicted molar refractivity (Wildman–Crippen MR) is 105 cm³/mol. The van der Waals surface area contributed by atoms with Crippen molar-refractivity contribution >= 4 is 17.3 Å². The minimum atomic E-state index is 0.801. The van der Waals surface area contributed by atoms with E-state index in [1.54, 1.807) is 4.90 Å². The Bertz CT molecular complexity index is 634. The van der Waals surface area contributed by atoms with E-state index in [2.05, 4.69) is 48.2 Å². The summed E-state index contributed by atoms with van der Waals surface area (Å²) in [7, 11) is 0. The highest BCUT2D eigenvalue weighted by atomic mass is 35.5. The highest BCUT2D eigenvalue weighted by Crippen LogP contribution is 2.18. The van der Waals surface area contributed by atoms with Crippen molar-refractivity contribution in [3.05, 3.63) is 59.1 Å². The summed E-state index contributed by atoms with van der Waals surface area (Å²) in [4.78, 5) is 4.09. The molecule has 0 aliphatic carbocycles. The van der Waals surface area contributed by atoms with Crippen LogP contribution in [0.15, 0.2) is 48.5 Å². The molecule has 0 atom stereocenters. The Kier molecular flexibility index (Phi) is 6.60. The Morgan fingerprint density at radius 1 is 1.00 bits per heavy atom. The van der Waals surface area contributed by atoms with E-state index in [-0.39, 0.29) is 0 Å². The zero-order valence-corrected chi connectivity index (χ0v) is 15.8. The van der Waals surface area contributed by atoms with E-state index in [0.29, 0.717) is 0 Å². The third-order valence-corrected chi connectivity index (χ3v) is 5.06. The quantitative estimate of drug-likeness (QED) is 0.763. The van der Waals surface area contributed by atoms with E-state index >= 15 is 0 Å². The molecule has 1 fully saturated rings. The molecule has 0 aromatic heterocycles. The van der Waals surface area contributed by atoms with Gasteiger partial charge in [0.2, 0.25) is 0 Å². The third kappa shape index (κ3) is 5.38. The maximum absolute atomic E-state index is 5.98. The van der Waals surface area contributed by atoms with Gasteiger partial charge in [0.1, 0.15) is 12.3 Å². The van der Waals surface area contributed by atoms with Crippen LogP contribution < -0.4 is 14.5 Å². The van der Waals surface area contributed by atoms with Crippen molar-refractivity contribution in [2.24, 2.45) is 0 Å². The Hall–Kier alpha value is -1.71. The van der Waals surface area contributed by atoms with Gasteiger partial charge in [-0.25, -0.2) is 0 Å². The number of unbranched alkanes of at least 4 members (excludes halogenated alkanes) is 1. The number of nitrogens with one attached hydrogen (secondary N) is 1. The molecule has 1 aliphatic rings. The van der Waals surface area contributed by atoms with E-state index in [1.807, 2.05) is 12.1 Å². The standard InChI is InChI=1S/C21H27ClN2O/c1-2-3-16-25-21-10-4-18(5-11-21)17-23-12-14-24(15-13-23)20-8-6-19(22)7-9-20/h4-11H,2-3,12-17H2,1H3/p+1. The van der Waals surface area contributed by atoms with Crippen LogP contribution in [-0.2, 0) is 6.54 Å². The van der Waals surface area contributed by atoms with Gasteiger partial charge in [-0.15, -0.1) is 0 Å². The molecule has 1 aliphatic heterocycles. The summed E-state index contributed by atoms with van der Waals surface area (Å²) < 4.78 is 5.74. The SMILES string of the molecule is CCCCOc1ccc(C[NH+]2CCN(c3ccc(Cl)cc3)CC2)cc1. The minimum Gasteiger partial charge on any atom is -0.494 e. The highest BCUT2D eigenvalue weighted by molar-refractivity contribution is 6.30. The zero-order valence-electron chi connectivity index (χ0n) is 15.0. The zero-order chi connectivity index (χ0) is 17.5. The van der Waals surface area contributed by atoms with Gasteiger partial charge in [-0.3, -0.25) is 0 Å². The van der Waals surface area contributed by atoms with Gasteiger partial charge < -0.3 is 14.5 Å². The number of benzene rings is 2. The van der Waals surface area contributed by atoms with Crippen molar-refractivity contribution in [2.75, 3.05) is 37.7 Å². The van der Waals surface area contributed by atoms with E-state index in [0.717, 1.165) is 56.5 Å². The molecule has 1 saturated heterocycles. The predicted octanol–water partition coefficient (Wildman–Crippen LogP) is 3.42. The largest absolute Gasteiger partial charge is 0.494 e. The smallest absolute Gasteiger partial charge is 0.119 e. The van der Waals surface area contributed by atoms with Crippen LogP contribution in [0.5, 0.6) is 5.75 Å². The molecule has 3 nitrogen and oxygen atoms in total. The van der Waals surface area contributed by atoms with Gasteiger partial charge in [0.15, 0.2) is 0 Å². The number of piperazine rings is 1. The van der Waals surface area contributed by atoms with Crippen LogP contribution in [-0.4, -0.2) is 32.8 Å². The van der Waals surface area contributed by atoms with Gasteiger partial charge in [-0.2, -0.15) is 0 Å². The second-order valence-electron chi connectivity index (χ2n) is 6.74. The maximum atomic E-state index is 5.98. The number of rotatable bonds is 7. The molecular weight excluding hydrogens is 332 g/mol. The Labute approximate surface area is 156 Å². The number of hydrogen-bond acceptors (Lipinski definition) is 2. The molecule has 2 aromatic carbocycles.